The van der Waals surface area contributed by atoms with Crippen molar-refractivity contribution in [2.45, 2.75) is 6.54 Å². The summed E-state index contributed by atoms with van der Waals surface area (Å²) in [6.07, 6.45) is 1.77. The zero-order valence-electron chi connectivity index (χ0n) is 19.1. The van der Waals surface area contributed by atoms with E-state index in [0.717, 1.165) is 11.1 Å². The van der Waals surface area contributed by atoms with Crippen molar-refractivity contribution in [3.05, 3.63) is 89.0 Å². The van der Waals surface area contributed by atoms with E-state index in [1.165, 1.54) is 0 Å². The molecule has 0 unspecified atom stereocenters. The zero-order chi connectivity index (χ0) is 24.5. The van der Waals surface area contributed by atoms with Crippen molar-refractivity contribution in [2.75, 3.05) is 21.3 Å². The second-order valence-electron chi connectivity index (χ2n) is 7.22. The summed E-state index contributed by atoms with van der Waals surface area (Å²) >= 11 is 0. The van der Waals surface area contributed by atoms with E-state index in [1.54, 1.807) is 81.4 Å². The Morgan fingerprint density at radius 1 is 0.824 bits per heavy atom. The van der Waals surface area contributed by atoms with Gasteiger partial charge in [0.25, 0.3) is 11.8 Å². The molecule has 176 valence electrons. The molecule has 0 aromatic heterocycles. The molecule has 0 bridgehead atoms. The van der Waals surface area contributed by atoms with E-state index in [1.807, 2.05) is 18.2 Å². The molecule has 0 aliphatic rings. The minimum atomic E-state index is -0.602. The van der Waals surface area contributed by atoms with Crippen LogP contribution in [0.15, 0.2) is 66.7 Å². The molecule has 0 aliphatic carbocycles. The quantitative estimate of drug-likeness (QED) is 0.194. The average Bonchev–Trinajstić information content (AvgIpc) is 2.90. The largest absolute Gasteiger partial charge is 0.497 e. The van der Waals surface area contributed by atoms with Crippen molar-refractivity contribution in [1.82, 2.24) is 10.8 Å². The molecule has 0 saturated heterocycles. The molecular formula is C26H26N2O6. The van der Waals surface area contributed by atoms with Gasteiger partial charge in [-0.05, 0) is 59.2 Å². The van der Waals surface area contributed by atoms with E-state index in [0.29, 0.717) is 33.9 Å². The predicted molar refractivity (Wildman–Crippen MR) is 128 cm³/mol. The van der Waals surface area contributed by atoms with Crippen LogP contribution in [-0.4, -0.2) is 38.4 Å². The first-order valence-corrected chi connectivity index (χ1v) is 10.4. The smallest absolute Gasteiger partial charge is 0.274 e. The summed E-state index contributed by atoms with van der Waals surface area (Å²) in [6, 6.07) is 19.1. The number of carbonyl (C=O) groups excluding carboxylic acids is 2. The maximum Gasteiger partial charge on any atom is 0.274 e. The lowest BCUT2D eigenvalue weighted by Gasteiger charge is -2.12. The number of ether oxygens (including phenoxy) is 3. The van der Waals surface area contributed by atoms with Gasteiger partial charge in [-0.15, -0.1) is 0 Å². The van der Waals surface area contributed by atoms with E-state index in [-0.39, 0.29) is 12.5 Å². The van der Waals surface area contributed by atoms with Gasteiger partial charge in [0.15, 0.2) is 11.5 Å². The lowest BCUT2D eigenvalue weighted by molar-refractivity contribution is -0.115. The highest BCUT2D eigenvalue weighted by Gasteiger charge is 2.14. The van der Waals surface area contributed by atoms with E-state index in [2.05, 4.69) is 5.32 Å². The van der Waals surface area contributed by atoms with Crippen molar-refractivity contribution in [1.29, 1.82) is 0 Å². The summed E-state index contributed by atoms with van der Waals surface area (Å²) in [5, 5.41) is 11.6. The third-order valence-corrected chi connectivity index (χ3v) is 5.13. The lowest BCUT2D eigenvalue weighted by atomic mass is 10.0. The Morgan fingerprint density at radius 2 is 1.47 bits per heavy atom. The average molecular weight is 463 g/mol. The fraction of sp³-hybridized carbons (Fsp3) is 0.154. The van der Waals surface area contributed by atoms with Crippen molar-refractivity contribution in [3.8, 4) is 17.2 Å². The van der Waals surface area contributed by atoms with Gasteiger partial charge in [-0.2, -0.15) is 0 Å². The first-order valence-electron chi connectivity index (χ1n) is 10.4. The second-order valence-corrected chi connectivity index (χ2v) is 7.22. The molecule has 3 aromatic rings. The number of hydrogen-bond donors (Lipinski definition) is 3. The van der Waals surface area contributed by atoms with Crippen LogP contribution in [0.4, 0.5) is 0 Å². The molecule has 0 radical (unpaired) electrons. The molecule has 0 atom stereocenters. The third kappa shape index (κ3) is 5.93. The number of carbonyl (C=O) groups is 2. The summed E-state index contributed by atoms with van der Waals surface area (Å²) in [7, 11) is 4.70. The molecule has 34 heavy (non-hydrogen) atoms. The van der Waals surface area contributed by atoms with Crippen molar-refractivity contribution < 1.29 is 29.0 Å². The Labute approximate surface area is 197 Å². The van der Waals surface area contributed by atoms with Gasteiger partial charge in [0.1, 0.15) is 5.75 Å². The molecule has 8 nitrogen and oxygen atoms in total. The fourth-order valence-corrected chi connectivity index (χ4v) is 3.28. The minimum absolute atomic E-state index is 0.249. The van der Waals surface area contributed by atoms with Gasteiger partial charge in [0, 0.05) is 17.7 Å². The standard InChI is InChI=1S/C26H26N2O6/c1-32-21-11-9-19(10-12-21)22(14-18-6-13-23(33-2)24(15-18)34-3)26(30)27-16-17-4-7-20(8-5-17)25(29)28-31/h4-15,31H,16H2,1-3H3,(H,27,30)(H,28,29)/b22-14+. The van der Waals surface area contributed by atoms with Gasteiger partial charge in [0.05, 0.1) is 21.3 Å². The maximum absolute atomic E-state index is 13.2. The van der Waals surface area contributed by atoms with Gasteiger partial charge in [0.2, 0.25) is 0 Å². The van der Waals surface area contributed by atoms with Crippen LogP contribution in [0.5, 0.6) is 17.2 Å². The summed E-state index contributed by atoms with van der Waals surface area (Å²) in [4.78, 5) is 24.7. The Hall–Kier alpha value is -4.30. The van der Waals surface area contributed by atoms with Crippen LogP contribution >= 0.6 is 0 Å². The molecule has 0 spiro atoms. The maximum atomic E-state index is 13.2. The highest BCUT2D eigenvalue weighted by Crippen LogP contribution is 2.30. The number of rotatable bonds is 9. The van der Waals surface area contributed by atoms with Gasteiger partial charge in [-0.25, -0.2) is 5.48 Å². The Bertz CT molecular complexity index is 1170. The second kappa shape index (κ2) is 11.5. The normalized spacial score (nSPS) is 10.9. The topological polar surface area (TPSA) is 106 Å². The Morgan fingerprint density at radius 3 is 2.06 bits per heavy atom. The molecule has 3 N–H and O–H groups in total. The fourth-order valence-electron chi connectivity index (χ4n) is 3.28. The van der Waals surface area contributed by atoms with Crippen LogP contribution in [0.2, 0.25) is 0 Å². The van der Waals surface area contributed by atoms with Crippen LogP contribution in [0.25, 0.3) is 11.6 Å². The van der Waals surface area contributed by atoms with Crippen LogP contribution in [0.3, 0.4) is 0 Å². The van der Waals surface area contributed by atoms with Gasteiger partial charge in [-0.3, -0.25) is 14.8 Å². The predicted octanol–water partition coefficient (Wildman–Crippen LogP) is 3.69. The summed E-state index contributed by atoms with van der Waals surface area (Å²) in [6.45, 7) is 0.249. The van der Waals surface area contributed by atoms with Crippen LogP contribution < -0.4 is 25.0 Å². The summed E-state index contributed by atoms with van der Waals surface area (Å²) in [5.74, 6) is 0.945. The molecule has 3 aromatic carbocycles. The minimum Gasteiger partial charge on any atom is -0.497 e. The molecular weight excluding hydrogens is 436 g/mol. The molecule has 0 saturated carbocycles. The van der Waals surface area contributed by atoms with Crippen molar-refractivity contribution in [3.63, 3.8) is 0 Å². The number of benzene rings is 3. The zero-order valence-corrected chi connectivity index (χ0v) is 19.1. The van der Waals surface area contributed by atoms with E-state index in [9.17, 15) is 9.59 Å². The number of amides is 2. The number of hydrogen-bond acceptors (Lipinski definition) is 6. The van der Waals surface area contributed by atoms with Crippen LogP contribution in [0, 0.1) is 0 Å². The first kappa shape index (κ1) is 24.3. The number of hydroxylamine groups is 1. The van der Waals surface area contributed by atoms with Crippen molar-refractivity contribution >= 4 is 23.5 Å². The van der Waals surface area contributed by atoms with Crippen LogP contribution in [-0.2, 0) is 11.3 Å². The number of nitrogens with one attached hydrogen (secondary N) is 2. The lowest BCUT2D eigenvalue weighted by Crippen LogP contribution is -2.24. The van der Waals surface area contributed by atoms with E-state index >= 15 is 0 Å². The SMILES string of the molecule is COc1ccc(/C(=C\c2ccc(OC)c(OC)c2)C(=O)NCc2ccc(C(=O)NO)cc2)cc1. The van der Waals surface area contributed by atoms with Gasteiger partial charge < -0.3 is 19.5 Å². The van der Waals surface area contributed by atoms with Crippen molar-refractivity contribution in [2.24, 2.45) is 0 Å². The molecule has 0 fully saturated rings. The Balaban J connectivity index is 1.88. The third-order valence-electron chi connectivity index (χ3n) is 5.13. The summed E-state index contributed by atoms with van der Waals surface area (Å²) in [5.41, 5.74) is 4.62. The molecule has 0 heterocycles. The van der Waals surface area contributed by atoms with Crippen LogP contribution in [0.1, 0.15) is 27.0 Å². The van der Waals surface area contributed by atoms with Gasteiger partial charge >= 0.3 is 0 Å². The highest BCUT2D eigenvalue weighted by molar-refractivity contribution is 6.24. The Kier molecular flexibility index (Phi) is 8.26. The molecule has 8 heteroatoms. The van der Waals surface area contributed by atoms with Gasteiger partial charge in [-0.1, -0.05) is 30.3 Å². The highest BCUT2D eigenvalue weighted by atomic mass is 16.5. The first-order chi connectivity index (χ1) is 16.5. The monoisotopic (exact) mass is 462 g/mol. The van der Waals surface area contributed by atoms with E-state index < -0.39 is 5.91 Å². The number of methoxy groups -OCH3 is 3. The molecule has 0 aliphatic heterocycles. The molecule has 2 amide bonds. The molecule has 3 rings (SSSR count). The summed E-state index contributed by atoms with van der Waals surface area (Å²) < 4.78 is 15.9. The van der Waals surface area contributed by atoms with E-state index in [4.69, 9.17) is 19.4 Å².